The Hall–Kier alpha value is -2.50. The van der Waals surface area contributed by atoms with Crippen molar-refractivity contribution < 1.29 is 9.13 Å². The molecule has 1 aliphatic rings. The molecule has 9 heteroatoms. The van der Waals surface area contributed by atoms with Crippen LogP contribution in [-0.2, 0) is 0 Å². The molecular formula is C15H14ClFN6O. The van der Waals surface area contributed by atoms with Gasteiger partial charge in [0.25, 0.3) is 0 Å². The third-order valence-electron chi connectivity index (χ3n) is 3.56. The highest BCUT2D eigenvalue weighted by Gasteiger charge is 2.20. The summed E-state index contributed by atoms with van der Waals surface area (Å²) < 4.78 is 19.7. The largest absolute Gasteiger partial charge is 0.473 e. The van der Waals surface area contributed by atoms with Crippen LogP contribution in [-0.4, -0.2) is 34.1 Å². The Morgan fingerprint density at radius 1 is 1.33 bits per heavy atom. The first-order chi connectivity index (χ1) is 11.7. The van der Waals surface area contributed by atoms with E-state index in [1.54, 1.807) is 0 Å². The first kappa shape index (κ1) is 16.4. The highest BCUT2D eigenvalue weighted by Crippen LogP contribution is 2.27. The number of halogens is 2. The van der Waals surface area contributed by atoms with Crippen molar-refractivity contribution in [3.63, 3.8) is 0 Å². The van der Waals surface area contributed by atoms with E-state index < -0.39 is 5.82 Å². The van der Waals surface area contributed by atoms with Crippen LogP contribution in [0.2, 0.25) is 5.15 Å². The highest BCUT2D eigenvalue weighted by molar-refractivity contribution is 6.29. The van der Waals surface area contributed by atoms with Crippen molar-refractivity contribution >= 4 is 23.1 Å². The minimum Gasteiger partial charge on any atom is -0.473 e. The Labute approximate surface area is 142 Å². The molecule has 24 heavy (non-hydrogen) atoms. The van der Waals surface area contributed by atoms with Gasteiger partial charge in [0.1, 0.15) is 23.7 Å². The summed E-state index contributed by atoms with van der Waals surface area (Å²) in [5, 5.41) is 15.4. The van der Waals surface area contributed by atoms with Crippen molar-refractivity contribution in [1.82, 2.24) is 20.3 Å². The van der Waals surface area contributed by atoms with E-state index in [0.29, 0.717) is 0 Å². The summed E-state index contributed by atoms with van der Waals surface area (Å²) in [5.41, 5.74) is 0.174. The molecule has 0 saturated carbocycles. The topological polar surface area (TPSA) is 95.8 Å². The number of piperidine rings is 1. The molecule has 1 aliphatic heterocycles. The molecule has 7 nitrogen and oxygen atoms in total. The summed E-state index contributed by atoms with van der Waals surface area (Å²) in [6.45, 7) is 1.70. The lowest BCUT2D eigenvalue weighted by atomic mass is 10.1. The fraction of sp³-hybridized carbons (Fsp3) is 0.333. The van der Waals surface area contributed by atoms with E-state index in [-0.39, 0.29) is 34.2 Å². The quantitative estimate of drug-likeness (QED) is 0.819. The second-order valence-electron chi connectivity index (χ2n) is 5.19. The molecule has 0 spiro atoms. The van der Waals surface area contributed by atoms with Crippen molar-refractivity contribution in [1.29, 1.82) is 5.26 Å². The number of nitrogens with zero attached hydrogens (tertiary/aromatic N) is 4. The fourth-order valence-electron chi connectivity index (χ4n) is 2.35. The van der Waals surface area contributed by atoms with E-state index in [2.05, 4.69) is 25.6 Å². The first-order valence-electron chi connectivity index (χ1n) is 7.38. The number of nitriles is 1. The molecule has 2 aromatic heterocycles. The van der Waals surface area contributed by atoms with E-state index in [9.17, 15) is 9.65 Å². The SMILES string of the molecule is N#Cc1c(Nc2cnc(Cl)cc2F)ncnc1OC1CCNCC1. The minimum absolute atomic E-state index is 0.0185. The molecule has 0 aliphatic carbocycles. The molecule has 2 aromatic rings. The molecule has 124 valence electrons. The van der Waals surface area contributed by atoms with Gasteiger partial charge in [-0.25, -0.2) is 19.3 Å². The van der Waals surface area contributed by atoms with Crippen molar-refractivity contribution in [2.24, 2.45) is 0 Å². The van der Waals surface area contributed by atoms with E-state index in [1.807, 2.05) is 6.07 Å². The number of hydrogen-bond donors (Lipinski definition) is 2. The second kappa shape index (κ2) is 7.38. The molecule has 0 amide bonds. The van der Waals surface area contributed by atoms with Gasteiger partial charge < -0.3 is 15.4 Å². The van der Waals surface area contributed by atoms with E-state index >= 15 is 0 Å². The third kappa shape index (κ3) is 3.69. The van der Waals surface area contributed by atoms with Crippen LogP contribution in [0.25, 0.3) is 0 Å². The van der Waals surface area contributed by atoms with Crippen molar-refractivity contribution in [3.05, 3.63) is 35.1 Å². The van der Waals surface area contributed by atoms with Crippen LogP contribution in [0.1, 0.15) is 18.4 Å². The van der Waals surface area contributed by atoms with E-state index in [4.69, 9.17) is 16.3 Å². The van der Waals surface area contributed by atoms with Gasteiger partial charge in [-0.05, 0) is 25.9 Å². The number of ether oxygens (including phenoxy) is 1. The van der Waals surface area contributed by atoms with Crippen LogP contribution in [0, 0.1) is 17.1 Å². The van der Waals surface area contributed by atoms with Crippen LogP contribution in [0.15, 0.2) is 18.6 Å². The highest BCUT2D eigenvalue weighted by atomic mass is 35.5. The Morgan fingerprint density at radius 3 is 2.83 bits per heavy atom. The number of anilines is 2. The minimum atomic E-state index is -0.599. The lowest BCUT2D eigenvalue weighted by Crippen LogP contribution is -2.34. The van der Waals surface area contributed by atoms with Gasteiger partial charge in [0.05, 0.1) is 11.9 Å². The Morgan fingerprint density at radius 2 is 2.12 bits per heavy atom. The molecule has 0 radical (unpaired) electrons. The molecule has 1 saturated heterocycles. The lowest BCUT2D eigenvalue weighted by molar-refractivity contribution is 0.155. The molecule has 2 N–H and O–H groups in total. The maximum atomic E-state index is 13.9. The average Bonchev–Trinajstić information content (AvgIpc) is 2.58. The zero-order chi connectivity index (χ0) is 16.9. The molecule has 0 bridgehead atoms. The van der Waals surface area contributed by atoms with Crippen LogP contribution in [0.5, 0.6) is 5.88 Å². The van der Waals surface area contributed by atoms with Gasteiger partial charge in [0.15, 0.2) is 17.2 Å². The van der Waals surface area contributed by atoms with E-state index in [0.717, 1.165) is 32.0 Å². The Bertz CT molecular complexity index is 775. The van der Waals surface area contributed by atoms with Crippen LogP contribution >= 0.6 is 11.6 Å². The fourth-order valence-corrected chi connectivity index (χ4v) is 2.50. The van der Waals surface area contributed by atoms with Crippen LogP contribution in [0.3, 0.4) is 0 Å². The maximum Gasteiger partial charge on any atom is 0.237 e. The predicted molar refractivity (Wildman–Crippen MR) is 85.8 cm³/mol. The second-order valence-corrected chi connectivity index (χ2v) is 5.58. The molecular weight excluding hydrogens is 335 g/mol. The smallest absolute Gasteiger partial charge is 0.237 e. The summed E-state index contributed by atoms with van der Waals surface area (Å²) in [6, 6.07) is 3.08. The zero-order valence-corrected chi connectivity index (χ0v) is 13.3. The van der Waals surface area contributed by atoms with Crippen molar-refractivity contribution in [2.45, 2.75) is 18.9 Å². The van der Waals surface area contributed by atoms with Crippen molar-refractivity contribution in [3.8, 4) is 11.9 Å². The molecule has 0 aromatic carbocycles. The maximum absolute atomic E-state index is 13.9. The van der Waals surface area contributed by atoms with Crippen LogP contribution in [0.4, 0.5) is 15.9 Å². The lowest BCUT2D eigenvalue weighted by Gasteiger charge is -2.23. The van der Waals surface area contributed by atoms with Gasteiger partial charge >= 0.3 is 0 Å². The summed E-state index contributed by atoms with van der Waals surface area (Å²) in [4.78, 5) is 11.8. The van der Waals surface area contributed by atoms with Crippen LogP contribution < -0.4 is 15.4 Å². The molecule has 3 rings (SSSR count). The standard InChI is InChI=1S/C15H14ClFN6O/c16-13-5-11(17)12(7-20-13)23-14-10(6-18)15(22-8-21-14)24-9-1-3-19-4-2-9/h5,7-9,19H,1-4H2,(H,21,22,23). The van der Waals surface area contributed by atoms with Gasteiger partial charge in [-0.3, -0.25) is 0 Å². The summed E-state index contributed by atoms with van der Waals surface area (Å²) >= 11 is 5.63. The number of nitrogens with one attached hydrogen (secondary N) is 2. The molecule has 1 fully saturated rings. The van der Waals surface area contributed by atoms with Crippen molar-refractivity contribution in [2.75, 3.05) is 18.4 Å². The van der Waals surface area contributed by atoms with Gasteiger partial charge in [-0.15, -0.1) is 0 Å². The van der Waals surface area contributed by atoms with Gasteiger partial charge in [0.2, 0.25) is 5.88 Å². The van der Waals surface area contributed by atoms with E-state index in [1.165, 1.54) is 12.5 Å². The number of rotatable bonds is 4. The Kier molecular flexibility index (Phi) is 5.03. The zero-order valence-electron chi connectivity index (χ0n) is 12.6. The number of hydrogen-bond acceptors (Lipinski definition) is 7. The third-order valence-corrected chi connectivity index (χ3v) is 3.77. The molecule has 0 unspecified atom stereocenters. The first-order valence-corrected chi connectivity index (χ1v) is 7.75. The summed E-state index contributed by atoms with van der Waals surface area (Å²) in [5.74, 6) is -0.262. The Balaban J connectivity index is 1.85. The van der Waals surface area contributed by atoms with Gasteiger partial charge in [0, 0.05) is 6.07 Å². The van der Waals surface area contributed by atoms with Gasteiger partial charge in [-0.1, -0.05) is 11.6 Å². The monoisotopic (exact) mass is 348 g/mol. The predicted octanol–water partition coefficient (Wildman–Crippen LogP) is 2.41. The number of pyridine rings is 1. The molecule has 0 atom stereocenters. The normalized spacial score (nSPS) is 14.9. The number of aromatic nitrogens is 3. The average molecular weight is 349 g/mol. The molecule has 3 heterocycles. The summed E-state index contributed by atoms with van der Waals surface area (Å²) in [6.07, 6.45) is 4.13. The summed E-state index contributed by atoms with van der Waals surface area (Å²) in [7, 11) is 0. The van der Waals surface area contributed by atoms with Gasteiger partial charge in [-0.2, -0.15) is 5.26 Å².